The molecule has 4 atom stereocenters. The molecule has 0 aliphatic carbocycles. The zero-order valence-electron chi connectivity index (χ0n) is 25.2. The first-order chi connectivity index (χ1) is 20.4. The summed E-state index contributed by atoms with van der Waals surface area (Å²) in [4.78, 5) is 52.9. The molecule has 2 N–H and O–H groups in total. The summed E-state index contributed by atoms with van der Waals surface area (Å²) in [6, 6.07) is 14.2. The van der Waals surface area contributed by atoms with Gasteiger partial charge >= 0.3 is 5.97 Å². The molecular formula is C31H38N4O7S. The first-order valence-corrected chi connectivity index (χ1v) is 14.9. The summed E-state index contributed by atoms with van der Waals surface area (Å²) in [6.07, 6.45) is -1.06. The standard InChI is InChI=1S/C31H38N4O7S/c1-18(2)24(33-25(37)20-12-14-21(40-6)15-13-20)27(39)35-28(43-30(34-35)31(3,4)5)26(38)32-22-16-23(36)42-29(22)41-17-19-10-8-7-9-11-19/h7-15,18,22,24,28-29H,16-17H2,1-6H3,(H,32,38)(H,33,37). The second-order valence-electron chi connectivity index (χ2n) is 11.7. The van der Waals surface area contributed by atoms with Gasteiger partial charge in [-0.3, -0.25) is 19.2 Å². The highest BCUT2D eigenvalue weighted by Crippen LogP contribution is 2.36. The molecule has 3 amide bonds. The number of thioether (sulfide) groups is 1. The summed E-state index contributed by atoms with van der Waals surface area (Å²) in [7, 11) is 1.53. The molecule has 0 radical (unpaired) electrons. The third kappa shape index (κ3) is 7.94. The fraction of sp³-hybridized carbons (Fsp3) is 0.452. The summed E-state index contributed by atoms with van der Waals surface area (Å²) < 4.78 is 16.3. The van der Waals surface area contributed by atoms with Crippen molar-refractivity contribution in [2.45, 2.75) is 71.4 Å². The van der Waals surface area contributed by atoms with Crippen LogP contribution in [0.2, 0.25) is 0 Å². The molecule has 2 aliphatic rings. The van der Waals surface area contributed by atoms with Crippen molar-refractivity contribution < 1.29 is 33.4 Å². The van der Waals surface area contributed by atoms with Gasteiger partial charge in [-0.05, 0) is 35.7 Å². The van der Waals surface area contributed by atoms with Gasteiger partial charge in [0, 0.05) is 11.0 Å². The SMILES string of the molecule is COc1ccc(C(=O)NC(C(=O)N2N=C(C(C)(C)C)SC2C(=O)NC2CC(=O)OC2OCc2ccccc2)C(C)C)cc1. The van der Waals surface area contributed by atoms with Crippen LogP contribution in [0.5, 0.6) is 5.75 Å². The second-order valence-corrected chi connectivity index (χ2v) is 12.8. The number of carbonyl (C=O) groups excluding carboxylic acids is 4. The van der Waals surface area contributed by atoms with Crippen LogP contribution in [0.3, 0.4) is 0 Å². The van der Waals surface area contributed by atoms with Gasteiger partial charge in [0.1, 0.15) is 22.9 Å². The lowest BCUT2D eigenvalue weighted by atomic mass is 9.99. The third-order valence-electron chi connectivity index (χ3n) is 6.85. The maximum atomic E-state index is 13.9. The fourth-order valence-electron chi connectivity index (χ4n) is 4.42. The summed E-state index contributed by atoms with van der Waals surface area (Å²) in [5.41, 5.74) is 0.792. The molecular weight excluding hydrogens is 572 g/mol. The lowest BCUT2D eigenvalue weighted by Crippen LogP contribution is -2.55. The number of benzene rings is 2. The number of cyclic esters (lactones) is 1. The molecule has 1 fully saturated rings. The summed E-state index contributed by atoms with van der Waals surface area (Å²) in [6.45, 7) is 9.60. The molecule has 4 rings (SSSR count). The van der Waals surface area contributed by atoms with Crippen LogP contribution in [-0.2, 0) is 30.5 Å². The molecule has 0 aromatic heterocycles. The number of nitrogens with zero attached hydrogens (tertiary/aromatic N) is 2. The van der Waals surface area contributed by atoms with E-state index in [1.165, 1.54) is 7.11 Å². The zero-order chi connectivity index (χ0) is 31.3. The molecule has 2 heterocycles. The molecule has 0 saturated carbocycles. The van der Waals surface area contributed by atoms with E-state index < -0.39 is 52.9 Å². The minimum absolute atomic E-state index is 0.0734. The van der Waals surface area contributed by atoms with Crippen molar-refractivity contribution in [3.8, 4) is 5.75 Å². The lowest BCUT2D eigenvalue weighted by molar-refractivity contribution is -0.168. The number of amides is 3. The van der Waals surface area contributed by atoms with Crippen LogP contribution in [0, 0.1) is 11.3 Å². The number of carbonyl (C=O) groups is 4. The molecule has 230 valence electrons. The van der Waals surface area contributed by atoms with Gasteiger partial charge in [-0.1, -0.05) is 76.7 Å². The maximum Gasteiger partial charge on any atom is 0.310 e. The van der Waals surface area contributed by atoms with E-state index in [2.05, 4.69) is 15.7 Å². The van der Waals surface area contributed by atoms with Crippen molar-refractivity contribution in [1.82, 2.24) is 15.6 Å². The van der Waals surface area contributed by atoms with Crippen LogP contribution >= 0.6 is 11.8 Å². The Morgan fingerprint density at radius 3 is 2.37 bits per heavy atom. The molecule has 43 heavy (non-hydrogen) atoms. The summed E-state index contributed by atoms with van der Waals surface area (Å²) in [5, 5.41) is 10.9. The minimum Gasteiger partial charge on any atom is -0.497 e. The molecule has 2 aromatic rings. The number of nitrogens with one attached hydrogen (secondary N) is 2. The Kier molecular flexibility index (Phi) is 10.1. The van der Waals surface area contributed by atoms with E-state index in [0.717, 1.165) is 22.3 Å². The average molecular weight is 611 g/mol. The average Bonchev–Trinajstić information content (AvgIpc) is 3.58. The highest BCUT2D eigenvalue weighted by Gasteiger charge is 2.46. The van der Waals surface area contributed by atoms with Crippen LogP contribution in [0.25, 0.3) is 0 Å². The smallest absolute Gasteiger partial charge is 0.310 e. The molecule has 2 aromatic carbocycles. The molecule has 4 unspecified atom stereocenters. The van der Waals surface area contributed by atoms with Gasteiger partial charge in [0.05, 0.1) is 20.1 Å². The Balaban J connectivity index is 1.50. The number of hydrogen-bond donors (Lipinski definition) is 2. The van der Waals surface area contributed by atoms with Gasteiger partial charge in [0.25, 0.3) is 17.7 Å². The first-order valence-electron chi connectivity index (χ1n) is 14.1. The predicted octanol–water partition coefficient (Wildman–Crippen LogP) is 3.69. The lowest BCUT2D eigenvalue weighted by Gasteiger charge is -2.28. The van der Waals surface area contributed by atoms with Crippen molar-refractivity contribution in [3.63, 3.8) is 0 Å². The first kappa shape index (κ1) is 32.0. The van der Waals surface area contributed by atoms with Crippen molar-refractivity contribution >= 4 is 40.5 Å². The Morgan fingerprint density at radius 1 is 1.09 bits per heavy atom. The van der Waals surface area contributed by atoms with Crippen LogP contribution in [0.4, 0.5) is 0 Å². The predicted molar refractivity (Wildman–Crippen MR) is 162 cm³/mol. The van der Waals surface area contributed by atoms with Crippen molar-refractivity contribution in [3.05, 3.63) is 65.7 Å². The molecule has 11 nitrogen and oxygen atoms in total. The number of ether oxygens (including phenoxy) is 3. The van der Waals surface area contributed by atoms with Crippen molar-refractivity contribution in [2.75, 3.05) is 7.11 Å². The molecule has 1 saturated heterocycles. The molecule has 0 spiro atoms. The van der Waals surface area contributed by atoms with Crippen LogP contribution in [0.1, 0.15) is 57.0 Å². The zero-order valence-corrected chi connectivity index (χ0v) is 26.0. The van der Waals surface area contributed by atoms with E-state index in [9.17, 15) is 19.2 Å². The normalized spacial score (nSPS) is 20.8. The Hall–Kier alpha value is -3.90. The third-order valence-corrected chi connectivity index (χ3v) is 8.41. The van der Waals surface area contributed by atoms with Crippen LogP contribution < -0.4 is 15.4 Å². The number of hydrogen-bond acceptors (Lipinski definition) is 9. The van der Waals surface area contributed by atoms with E-state index in [0.29, 0.717) is 16.4 Å². The molecule has 2 aliphatic heterocycles. The van der Waals surface area contributed by atoms with Gasteiger partial charge in [0.15, 0.2) is 5.37 Å². The number of esters is 1. The topological polar surface area (TPSA) is 136 Å². The van der Waals surface area contributed by atoms with Crippen molar-refractivity contribution in [2.24, 2.45) is 16.4 Å². The van der Waals surface area contributed by atoms with Gasteiger partial charge in [-0.2, -0.15) is 5.10 Å². The van der Waals surface area contributed by atoms with Crippen LogP contribution in [-0.4, -0.2) is 64.6 Å². The van der Waals surface area contributed by atoms with Crippen molar-refractivity contribution in [1.29, 1.82) is 0 Å². The molecule has 12 heteroatoms. The molecule has 0 bridgehead atoms. The minimum atomic E-state index is -1.06. The van der Waals surface area contributed by atoms with Gasteiger partial charge in [-0.25, -0.2) is 5.01 Å². The number of hydrazone groups is 1. The highest BCUT2D eigenvalue weighted by atomic mass is 32.2. The van der Waals surface area contributed by atoms with Gasteiger partial charge in [0.2, 0.25) is 6.29 Å². The van der Waals surface area contributed by atoms with Gasteiger partial charge < -0.3 is 24.8 Å². The monoisotopic (exact) mass is 610 g/mol. The van der Waals surface area contributed by atoms with E-state index >= 15 is 0 Å². The van der Waals surface area contributed by atoms with E-state index in [-0.39, 0.29) is 18.9 Å². The second kappa shape index (κ2) is 13.6. The summed E-state index contributed by atoms with van der Waals surface area (Å²) >= 11 is 1.16. The van der Waals surface area contributed by atoms with E-state index in [4.69, 9.17) is 14.2 Å². The van der Waals surface area contributed by atoms with Gasteiger partial charge in [-0.15, -0.1) is 0 Å². The Bertz CT molecular complexity index is 1360. The summed E-state index contributed by atoms with van der Waals surface area (Å²) in [5.74, 6) is -1.71. The Labute approximate surface area is 255 Å². The fourth-order valence-corrected chi connectivity index (χ4v) is 5.55. The van der Waals surface area contributed by atoms with Crippen LogP contribution in [0.15, 0.2) is 59.7 Å². The number of methoxy groups -OCH3 is 1. The number of rotatable bonds is 10. The largest absolute Gasteiger partial charge is 0.497 e. The Morgan fingerprint density at radius 2 is 1.77 bits per heavy atom. The highest BCUT2D eigenvalue weighted by molar-refractivity contribution is 8.15. The van der Waals surface area contributed by atoms with E-state index in [1.54, 1.807) is 38.1 Å². The maximum absolute atomic E-state index is 13.9. The van der Waals surface area contributed by atoms with E-state index in [1.807, 2.05) is 51.1 Å². The quantitative estimate of drug-likeness (QED) is 0.389.